The van der Waals surface area contributed by atoms with Crippen LogP contribution in [-0.2, 0) is 0 Å². The number of fused-ring (bicyclic) bond motifs is 2. The number of aromatic carboxylic acids is 6. The van der Waals surface area contributed by atoms with Crippen LogP contribution in [0.5, 0.6) is 0 Å². The van der Waals surface area contributed by atoms with E-state index < -0.39 is 35.8 Å². The second kappa shape index (κ2) is 11.9. The van der Waals surface area contributed by atoms with Crippen LogP contribution in [0.1, 0.15) is 62.1 Å². The molecule has 24 aromatic carbocycles. The molecule has 390 valence electrons. The highest BCUT2D eigenvalue weighted by Gasteiger charge is 2.42. The summed E-state index contributed by atoms with van der Waals surface area (Å²) in [5.74, 6) is -7.19. The highest BCUT2D eigenvalue weighted by molar-refractivity contribution is 6.70. The van der Waals surface area contributed by atoms with E-state index >= 15 is 0 Å². The molecule has 86 heavy (non-hydrogen) atoms. The maximum absolute atomic E-state index is 14.6. The Morgan fingerprint density at radius 1 is 0.186 bits per heavy atom. The molecule has 0 aliphatic heterocycles. The van der Waals surface area contributed by atoms with Crippen LogP contribution >= 0.6 is 0 Å². The molecule has 0 saturated heterocycles. The monoisotopic (exact) mass is 1100 g/mol. The number of hydrogen-bond acceptors (Lipinski definition) is 6. The van der Waals surface area contributed by atoms with Crippen molar-refractivity contribution in [1.82, 2.24) is 0 Å². The Kier molecular flexibility index (Phi) is 5.81. The average molecular weight is 1100 g/mol. The van der Waals surface area contributed by atoms with E-state index in [0.717, 1.165) is 86.2 Å². The van der Waals surface area contributed by atoms with Crippen LogP contribution in [0.3, 0.4) is 0 Å². The summed E-state index contributed by atoms with van der Waals surface area (Å²) >= 11 is 0. The van der Waals surface area contributed by atoms with E-state index in [4.69, 9.17) is 0 Å². The van der Waals surface area contributed by atoms with E-state index in [2.05, 4.69) is 0 Å². The van der Waals surface area contributed by atoms with Gasteiger partial charge in [0.15, 0.2) is 0 Å². The van der Waals surface area contributed by atoms with Gasteiger partial charge in [0.25, 0.3) is 0 Å². The third-order valence-electron chi connectivity index (χ3n) is 21.9. The SMILES string of the molecule is O=C(O)c1c2cccc3c4c(C(=O)O)cc5ccc6c(C(=O)O)c7cc8cc9c(C(=O)O)c%10cccc%11c%12c(C(=O)O)cc%13ccc%14c(C(=O)O)c%15cc%16cc1c1c(c23)c2c4c5c6c3c7c4c8c5c9c(c%10%11)c6c%12c%13c%14c7c%15c8c%16c1c(c32)c4c8c5c76. The molecule has 0 saturated carbocycles. The Bertz CT molecular complexity index is 7090. The Hall–Kier alpha value is -12.0. The Morgan fingerprint density at radius 3 is 0.721 bits per heavy atom. The zero-order chi connectivity index (χ0) is 56.8. The molecule has 0 aliphatic carbocycles. The van der Waals surface area contributed by atoms with E-state index in [-0.39, 0.29) is 33.4 Å². The lowest BCUT2D eigenvalue weighted by Gasteiger charge is -2.34. The van der Waals surface area contributed by atoms with Crippen molar-refractivity contribution in [1.29, 1.82) is 0 Å². The standard InChI is InChI=1S/C74H22O12/c75-69(76)31-11-17-7-9-25-43(73(83)84)30-16-20-14-28-42(72(81)82)24-6-2-4-22-38(24)58-48(28)54-36(20)56-49(30)59-45(25)33(17)51-39(31)21-3-1-5-23-37(21)57-47-27(41(23)71(79)80)13-19-15-29-44(74(85)86)26-10-8-18-12-32(70(77)78)40(22)52-34(18)46(26)60-50(29)55-35(19)53(47)65(67(59)61(51)57)63(56)64(55)66(54)68(60)62(52)58/h1-16H,(H,75,76)(H,77,78)(H,79,80)(H,81,82)(H,83,84)(H,85,86). The summed E-state index contributed by atoms with van der Waals surface area (Å²) in [5, 5.41) is 98.9. The number of benzene rings is 24. The van der Waals surface area contributed by atoms with Crippen molar-refractivity contribution in [3.8, 4) is 0 Å². The van der Waals surface area contributed by atoms with Gasteiger partial charge in [-0.3, -0.25) is 0 Å². The zero-order valence-electron chi connectivity index (χ0n) is 43.4. The number of carboxylic acids is 6. The van der Waals surface area contributed by atoms with Gasteiger partial charge in [0.2, 0.25) is 0 Å². The first-order valence-electron chi connectivity index (χ1n) is 28.1. The van der Waals surface area contributed by atoms with Gasteiger partial charge in [-0.1, -0.05) is 60.7 Å². The van der Waals surface area contributed by atoms with E-state index in [1.54, 1.807) is 60.7 Å². The molecule has 6 N–H and O–H groups in total. The molecular weight excluding hydrogens is 1080 g/mol. The number of carbonyl (C=O) groups is 6. The molecule has 0 heterocycles. The lowest BCUT2D eigenvalue weighted by atomic mass is 9.67. The molecule has 12 nitrogen and oxygen atoms in total. The van der Waals surface area contributed by atoms with Crippen molar-refractivity contribution >= 4 is 284 Å². The van der Waals surface area contributed by atoms with Crippen molar-refractivity contribution in [2.24, 2.45) is 0 Å². The van der Waals surface area contributed by atoms with E-state index in [1.807, 2.05) is 36.4 Å². The molecule has 0 fully saturated rings. The first-order chi connectivity index (χ1) is 41.8. The summed E-state index contributed by atoms with van der Waals surface area (Å²) in [4.78, 5) is 86.1. The molecule has 0 unspecified atom stereocenters. The summed E-state index contributed by atoms with van der Waals surface area (Å²) in [7, 11) is 0. The quantitative estimate of drug-likeness (QED) is 0.0676. The minimum atomic E-state index is -1.21. The largest absolute Gasteiger partial charge is 0.478 e. The van der Waals surface area contributed by atoms with Crippen LogP contribution in [0.15, 0.2) is 97.1 Å². The molecule has 24 rings (SSSR count). The lowest BCUT2D eigenvalue weighted by molar-refractivity contribution is 0.0688. The summed E-state index contributed by atoms with van der Waals surface area (Å²) < 4.78 is 0. The zero-order valence-corrected chi connectivity index (χ0v) is 43.4. The van der Waals surface area contributed by atoms with Crippen LogP contribution in [0, 0.1) is 0 Å². The number of carboxylic acid groups (broad SMARTS) is 6. The topological polar surface area (TPSA) is 224 Å². The van der Waals surface area contributed by atoms with Crippen LogP contribution in [0.25, 0.3) is 248 Å². The first-order valence-corrected chi connectivity index (χ1v) is 28.1. The molecule has 24 aromatic rings. The van der Waals surface area contributed by atoms with Crippen molar-refractivity contribution < 1.29 is 59.4 Å². The highest BCUT2D eigenvalue weighted by atomic mass is 16.4. The predicted octanol–water partition coefficient (Wildman–Crippen LogP) is 18.0. The second-order valence-electron chi connectivity index (χ2n) is 24.7. The summed E-state index contributed by atoms with van der Waals surface area (Å²) in [6.07, 6.45) is 0. The second-order valence-corrected chi connectivity index (χ2v) is 24.7. The average Bonchev–Trinajstić information content (AvgIpc) is 0.625. The summed E-state index contributed by atoms with van der Waals surface area (Å²) in [6, 6.07) is 28.8. The third-order valence-corrected chi connectivity index (χ3v) is 21.9. The third kappa shape index (κ3) is 3.59. The van der Waals surface area contributed by atoms with Gasteiger partial charge in [0, 0.05) is 32.3 Å². The fraction of sp³-hybridized carbons (Fsp3) is 0. The normalized spacial score (nSPS) is 13.9. The van der Waals surface area contributed by atoms with Gasteiger partial charge in [0.1, 0.15) is 0 Å². The summed E-state index contributed by atoms with van der Waals surface area (Å²) in [5.41, 5.74) is 0.0592. The predicted molar refractivity (Wildman–Crippen MR) is 339 cm³/mol. The number of rotatable bonds is 6. The van der Waals surface area contributed by atoms with Gasteiger partial charge in [-0.2, -0.15) is 0 Å². The van der Waals surface area contributed by atoms with E-state index in [1.165, 1.54) is 0 Å². The molecule has 0 atom stereocenters. The molecule has 12 heteroatoms. The minimum absolute atomic E-state index is 0.00566. The highest BCUT2D eigenvalue weighted by Crippen LogP contribution is 2.68. The van der Waals surface area contributed by atoms with E-state index in [9.17, 15) is 59.4 Å². The van der Waals surface area contributed by atoms with Gasteiger partial charge < -0.3 is 30.6 Å². The molecular formula is C74H22O12. The lowest BCUT2D eigenvalue weighted by Crippen LogP contribution is -2.10. The van der Waals surface area contributed by atoms with Crippen molar-refractivity contribution in [3.05, 3.63) is 130 Å². The van der Waals surface area contributed by atoms with Crippen LogP contribution in [0.4, 0.5) is 0 Å². The fourth-order valence-corrected chi connectivity index (χ4v) is 19.8. The van der Waals surface area contributed by atoms with Gasteiger partial charge >= 0.3 is 35.8 Å². The Balaban J connectivity index is 1.18. The molecule has 0 spiro atoms. The Morgan fingerprint density at radius 2 is 0.419 bits per heavy atom. The summed E-state index contributed by atoms with van der Waals surface area (Å²) in [6.45, 7) is 0. The Labute approximate surface area is 471 Å². The minimum Gasteiger partial charge on any atom is -0.478 e. The van der Waals surface area contributed by atoms with Gasteiger partial charge in [-0.15, -0.1) is 0 Å². The van der Waals surface area contributed by atoms with Gasteiger partial charge in [-0.05, 0) is 252 Å². The maximum atomic E-state index is 14.6. The molecule has 0 aromatic heterocycles. The van der Waals surface area contributed by atoms with Crippen LogP contribution < -0.4 is 0 Å². The molecule has 0 amide bonds. The van der Waals surface area contributed by atoms with Crippen molar-refractivity contribution in [2.75, 3.05) is 0 Å². The maximum Gasteiger partial charge on any atom is 0.336 e. The van der Waals surface area contributed by atoms with Crippen LogP contribution in [-0.4, -0.2) is 66.5 Å². The fourth-order valence-electron chi connectivity index (χ4n) is 19.8. The smallest absolute Gasteiger partial charge is 0.336 e. The molecule has 0 bridgehead atoms. The molecule has 0 radical (unpaired) electrons. The van der Waals surface area contributed by atoms with Crippen molar-refractivity contribution in [2.45, 2.75) is 0 Å². The van der Waals surface area contributed by atoms with Crippen molar-refractivity contribution in [3.63, 3.8) is 0 Å². The number of hydrogen-bond donors (Lipinski definition) is 6. The van der Waals surface area contributed by atoms with E-state index in [0.29, 0.717) is 162 Å². The first kappa shape index (κ1) is 41.9. The van der Waals surface area contributed by atoms with Crippen LogP contribution in [0.2, 0.25) is 0 Å². The van der Waals surface area contributed by atoms with Gasteiger partial charge in [0.05, 0.1) is 33.4 Å². The molecule has 0 aliphatic rings. The van der Waals surface area contributed by atoms with Gasteiger partial charge in [-0.25, -0.2) is 28.8 Å².